The van der Waals surface area contributed by atoms with Gasteiger partial charge in [0, 0.05) is 87.4 Å². The van der Waals surface area contributed by atoms with Crippen LogP contribution in [0.4, 0.5) is 17.1 Å². The van der Waals surface area contributed by atoms with Gasteiger partial charge in [-0.25, -0.2) is 5.48 Å². The zero-order valence-electron chi connectivity index (χ0n) is 45.5. The van der Waals surface area contributed by atoms with E-state index in [1.165, 1.54) is 22.3 Å². The van der Waals surface area contributed by atoms with Gasteiger partial charge in [0.15, 0.2) is 11.5 Å². The zero-order chi connectivity index (χ0) is 54.1. The minimum Gasteiger partial charge on any atom is -0.493 e. The van der Waals surface area contributed by atoms with Crippen LogP contribution in [0.1, 0.15) is 125 Å². The van der Waals surface area contributed by atoms with Crippen LogP contribution in [-0.2, 0) is 53.6 Å². The average Bonchev–Trinajstić information content (AvgIpc) is 3.61. The third-order valence-corrected chi connectivity index (χ3v) is 18.4. The first kappa shape index (κ1) is 55.6. The van der Waals surface area contributed by atoms with Crippen LogP contribution in [0.15, 0.2) is 91.0 Å². The molecule has 0 unspecified atom stereocenters. The molecule has 0 aromatic heterocycles. The van der Waals surface area contributed by atoms with Crippen LogP contribution in [0.25, 0.3) is 0 Å². The van der Waals surface area contributed by atoms with Gasteiger partial charge in [-0.15, -0.1) is 0 Å². The summed E-state index contributed by atoms with van der Waals surface area (Å²) in [7, 11) is 7.13. The predicted octanol–water partition coefficient (Wildman–Crippen LogP) is 11.1. The number of hydrogen-bond acceptors (Lipinski definition) is 13. The minimum atomic E-state index is -0.176. The maximum absolute atomic E-state index is 14.2. The number of nitrogens with zero attached hydrogens (tertiary/aromatic N) is 3. The lowest BCUT2D eigenvalue weighted by atomic mass is 9.93. The van der Waals surface area contributed by atoms with E-state index in [0.717, 1.165) is 66.8 Å². The fraction of sp³-hybridized carbons (Fsp3) is 0.443. The topological polar surface area (TPSA) is 151 Å². The van der Waals surface area contributed by atoms with E-state index >= 15 is 0 Å². The van der Waals surface area contributed by atoms with Crippen molar-refractivity contribution in [3.05, 3.63) is 141 Å². The lowest BCUT2D eigenvalue weighted by Crippen LogP contribution is -2.47. The number of carbonyl (C=O) groups is 4. The van der Waals surface area contributed by atoms with Crippen LogP contribution < -0.4 is 35.2 Å². The number of ether oxygens (including phenoxy) is 3. The first-order valence-corrected chi connectivity index (χ1v) is 29.5. The number of nitrogens with one attached hydrogen (secondary N) is 3. The monoisotopic (exact) mass is 1080 g/mol. The van der Waals surface area contributed by atoms with Crippen molar-refractivity contribution >= 4 is 62.2 Å². The van der Waals surface area contributed by atoms with Crippen molar-refractivity contribution in [2.75, 3.05) is 61.7 Å². The number of fused-ring (bicyclic) bond motifs is 6. The molecule has 16 heteroatoms. The van der Waals surface area contributed by atoms with E-state index in [0.29, 0.717) is 104 Å². The molecule has 3 amide bonds. The molecular formula is C61H74N6O8S2. The SMILES string of the molecule is CCNOCCCCC(=O)CCCSSC(C)(C)CCC(=O)Nc1cc(COc2cc3c(cc2C)C(=O)N2Cc4ccccc4C[C@H]2CN3C)cc(COc2cc3c(cc2OC)C(=O)N2Cc4ccccc4C[C@H]2CN3)c1. The molecule has 0 aliphatic carbocycles. The molecule has 0 fully saturated rings. The molecule has 4 aliphatic rings. The molecule has 77 heavy (non-hydrogen) atoms. The number of likely N-dealkylation sites (N-methyl/N-ethyl adjacent to an activating group) is 1. The first-order chi connectivity index (χ1) is 37.2. The molecule has 9 rings (SSSR count). The first-order valence-electron chi connectivity index (χ1n) is 27.2. The fourth-order valence-corrected chi connectivity index (χ4v) is 13.4. The normalized spacial score (nSPS) is 16.6. The highest BCUT2D eigenvalue weighted by Crippen LogP contribution is 2.41. The Morgan fingerprint density at radius 3 is 2.10 bits per heavy atom. The Morgan fingerprint density at radius 2 is 1.40 bits per heavy atom. The van der Waals surface area contributed by atoms with Gasteiger partial charge >= 0.3 is 0 Å². The van der Waals surface area contributed by atoms with Gasteiger partial charge < -0.3 is 44.4 Å². The van der Waals surface area contributed by atoms with Crippen molar-refractivity contribution in [3.8, 4) is 17.2 Å². The molecule has 3 N–H and O–H groups in total. The minimum absolute atomic E-state index is 0.00386. The molecular weight excluding hydrogens is 1010 g/mol. The van der Waals surface area contributed by atoms with Crippen LogP contribution in [0, 0.1) is 6.92 Å². The summed E-state index contributed by atoms with van der Waals surface area (Å²) in [4.78, 5) is 66.0. The second kappa shape index (κ2) is 25.5. The van der Waals surface area contributed by atoms with Crippen molar-refractivity contribution in [1.82, 2.24) is 15.3 Å². The van der Waals surface area contributed by atoms with Gasteiger partial charge in [0.2, 0.25) is 5.91 Å². The summed E-state index contributed by atoms with van der Waals surface area (Å²) in [6.45, 7) is 12.4. The van der Waals surface area contributed by atoms with Gasteiger partial charge in [-0.3, -0.25) is 19.2 Å². The van der Waals surface area contributed by atoms with E-state index in [-0.39, 0.29) is 47.8 Å². The number of unbranched alkanes of at least 4 members (excludes halogenated alkanes) is 1. The number of aryl methyl sites for hydroxylation is 1. The van der Waals surface area contributed by atoms with E-state index in [1.54, 1.807) is 34.8 Å². The standard InChI is InChI=1S/C61H74N6O8S2/c1-7-63-75-23-13-12-19-50(68)20-14-24-76-77-61(3,4)22-21-58(69)64-47-27-41(38-73-55-33-54-52(25-40(55)2)60(71)67-36-46-18-11-9-16-44(46)30-49(67)37-65(54)5)26-42(28-47)39-74-57-32-53-51(31-56(57)72-6)59(70)66-35-45-17-10-8-15-43(45)29-48(66)34-62-53/h8-11,15-18,25-28,31-33,48-49,62-63H,7,12-14,19-24,29-30,34-39H2,1-6H3,(H,64,69)/t48-,49-/m0/s1. The fourth-order valence-electron chi connectivity index (χ4n) is 10.8. The summed E-state index contributed by atoms with van der Waals surface area (Å²) in [5.74, 6) is 2.62. The van der Waals surface area contributed by atoms with E-state index in [9.17, 15) is 19.2 Å². The summed E-state index contributed by atoms with van der Waals surface area (Å²) in [6, 6.07) is 30.2. The Bertz CT molecular complexity index is 2950. The summed E-state index contributed by atoms with van der Waals surface area (Å²) in [6.07, 6.45) is 6.25. The summed E-state index contributed by atoms with van der Waals surface area (Å²) in [5.41, 5.74) is 13.6. The van der Waals surface area contributed by atoms with Crippen molar-refractivity contribution < 1.29 is 38.2 Å². The highest BCUT2D eigenvalue weighted by molar-refractivity contribution is 8.77. The van der Waals surface area contributed by atoms with E-state index < -0.39 is 0 Å². The number of Topliss-reactive ketones (excluding diaryl/α,β-unsaturated/α-hetero) is 1. The van der Waals surface area contributed by atoms with Crippen LogP contribution >= 0.6 is 21.6 Å². The number of hydroxylamine groups is 1. The Labute approximate surface area is 462 Å². The third-order valence-electron chi connectivity index (χ3n) is 15.0. The van der Waals surface area contributed by atoms with Gasteiger partial charge in [-0.05, 0) is 129 Å². The highest BCUT2D eigenvalue weighted by atomic mass is 33.1. The molecule has 0 spiro atoms. The van der Waals surface area contributed by atoms with Gasteiger partial charge in [0.25, 0.3) is 11.8 Å². The number of anilines is 3. The van der Waals surface area contributed by atoms with Crippen LogP contribution in [-0.4, -0.2) is 96.3 Å². The molecule has 0 radical (unpaired) electrons. The lowest BCUT2D eigenvalue weighted by molar-refractivity contribution is -0.119. The summed E-state index contributed by atoms with van der Waals surface area (Å²) >= 11 is 0. The van der Waals surface area contributed by atoms with Gasteiger partial charge in [-0.2, -0.15) is 0 Å². The van der Waals surface area contributed by atoms with Gasteiger partial charge in [0.05, 0.1) is 48.3 Å². The highest BCUT2D eigenvalue weighted by Gasteiger charge is 2.37. The Hall–Kier alpha value is -6.20. The summed E-state index contributed by atoms with van der Waals surface area (Å²) < 4.78 is 18.9. The molecule has 5 aromatic rings. The quantitative estimate of drug-likeness (QED) is 0.0306. The number of benzene rings is 5. The maximum Gasteiger partial charge on any atom is 0.256 e. The van der Waals surface area contributed by atoms with Crippen LogP contribution in [0.3, 0.4) is 0 Å². The predicted molar refractivity (Wildman–Crippen MR) is 308 cm³/mol. The number of rotatable bonds is 24. The molecule has 0 saturated carbocycles. The summed E-state index contributed by atoms with van der Waals surface area (Å²) in [5, 5.41) is 6.72. The molecule has 4 heterocycles. The average molecular weight is 1080 g/mol. The van der Waals surface area contributed by atoms with Crippen molar-refractivity contribution in [1.29, 1.82) is 0 Å². The lowest BCUT2D eigenvalue weighted by Gasteiger charge is -2.36. The largest absolute Gasteiger partial charge is 0.493 e. The van der Waals surface area contributed by atoms with Crippen LogP contribution in [0.2, 0.25) is 0 Å². The number of carbonyl (C=O) groups excluding carboxylic acids is 4. The number of methoxy groups -OCH3 is 1. The molecule has 0 saturated heterocycles. The van der Waals surface area contributed by atoms with Gasteiger partial charge in [0.1, 0.15) is 24.7 Å². The smallest absolute Gasteiger partial charge is 0.256 e. The van der Waals surface area contributed by atoms with Crippen molar-refractivity contribution in [2.45, 2.75) is 129 Å². The van der Waals surface area contributed by atoms with E-state index in [2.05, 4.69) is 71.3 Å². The number of ketones is 1. The molecule has 5 aromatic carbocycles. The Balaban J connectivity index is 0.874. The molecule has 14 nitrogen and oxygen atoms in total. The Morgan fingerprint density at radius 1 is 0.753 bits per heavy atom. The van der Waals surface area contributed by atoms with E-state index in [1.807, 2.05) is 79.2 Å². The third kappa shape index (κ3) is 13.9. The number of hydrogen-bond donors (Lipinski definition) is 3. The Kier molecular flexibility index (Phi) is 18.4. The van der Waals surface area contributed by atoms with Crippen LogP contribution in [0.5, 0.6) is 17.2 Å². The molecule has 2 atom stereocenters. The molecule has 4 aliphatic heterocycles. The van der Waals surface area contributed by atoms with E-state index in [4.69, 9.17) is 19.0 Å². The molecule has 408 valence electrons. The van der Waals surface area contributed by atoms with Gasteiger partial charge in [-0.1, -0.05) is 77.0 Å². The second-order valence-electron chi connectivity index (χ2n) is 21.3. The zero-order valence-corrected chi connectivity index (χ0v) is 47.1. The van der Waals surface area contributed by atoms with Crippen molar-refractivity contribution in [2.24, 2.45) is 0 Å². The molecule has 0 bridgehead atoms. The maximum atomic E-state index is 14.2. The number of amides is 3. The second-order valence-corrected chi connectivity index (χ2v) is 24.5. The van der Waals surface area contributed by atoms with Crippen molar-refractivity contribution in [3.63, 3.8) is 0 Å².